The second kappa shape index (κ2) is 7.51. The molecule has 0 saturated carbocycles. The quantitative estimate of drug-likeness (QED) is 0.813. The van der Waals surface area contributed by atoms with E-state index in [1.807, 2.05) is 30.7 Å². The van der Waals surface area contributed by atoms with Crippen molar-refractivity contribution in [2.24, 2.45) is 0 Å². The highest BCUT2D eigenvalue weighted by Gasteiger charge is 2.21. The highest BCUT2D eigenvalue weighted by molar-refractivity contribution is 6.30. The van der Waals surface area contributed by atoms with Gasteiger partial charge in [0.05, 0.1) is 6.54 Å². The van der Waals surface area contributed by atoms with Crippen LogP contribution in [-0.4, -0.2) is 33.5 Å². The number of benzene rings is 1. The summed E-state index contributed by atoms with van der Waals surface area (Å²) in [6.45, 7) is 6.97. The summed E-state index contributed by atoms with van der Waals surface area (Å²) in [5.74, 6) is 1.43. The predicted octanol–water partition coefficient (Wildman–Crippen LogP) is 3.29. The summed E-state index contributed by atoms with van der Waals surface area (Å²) in [5, 5.41) is 0.650. The molecular weight excluding hydrogens is 314 g/mol. The Balaban J connectivity index is 2.01. The molecule has 0 saturated heterocycles. The first kappa shape index (κ1) is 17.3. The normalized spacial score (nSPS) is 12.0. The maximum atomic E-state index is 12.5. The molecule has 124 valence electrons. The molecule has 5 nitrogen and oxygen atoms in total. The number of aryl methyl sites for hydroxylation is 2. The minimum absolute atomic E-state index is 0.0926. The average molecular weight is 336 g/mol. The van der Waals surface area contributed by atoms with Crippen LogP contribution in [0.25, 0.3) is 0 Å². The Labute approximate surface area is 141 Å². The van der Waals surface area contributed by atoms with Gasteiger partial charge in [-0.2, -0.15) is 0 Å². The summed E-state index contributed by atoms with van der Waals surface area (Å²) in [5.41, 5.74) is 0.904. The molecule has 1 aromatic carbocycles. The predicted molar refractivity (Wildman–Crippen MR) is 90.7 cm³/mol. The lowest BCUT2D eigenvalue weighted by molar-refractivity contribution is -0.137. The van der Waals surface area contributed by atoms with E-state index in [4.69, 9.17) is 16.3 Å². The SMILES string of the molecule is CCn1ccnc1CN(C)C(=O)[C@H](C)Oc1ccc(Cl)cc1C. The number of amides is 1. The number of nitrogens with zero attached hydrogens (tertiary/aromatic N) is 3. The van der Waals surface area contributed by atoms with Gasteiger partial charge in [-0.25, -0.2) is 4.98 Å². The van der Waals surface area contributed by atoms with Crippen molar-refractivity contribution >= 4 is 17.5 Å². The molecule has 0 spiro atoms. The fourth-order valence-electron chi connectivity index (χ4n) is 2.37. The van der Waals surface area contributed by atoms with Crippen LogP contribution in [0.2, 0.25) is 5.02 Å². The lowest BCUT2D eigenvalue weighted by Gasteiger charge is -2.22. The number of hydrogen-bond acceptors (Lipinski definition) is 3. The molecule has 0 bridgehead atoms. The molecule has 2 aromatic rings. The van der Waals surface area contributed by atoms with Crippen molar-refractivity contribution in [1.29, 1.82) is 0 Å². The highest BCUT2D eigenvalue weighted by Crippen LogP contribution is 2.23. The maximum Gasteiger partial charge on any atom is 0.263 e. The Morgan fingerprint density at radius 2 is 2.22 bits per heavy atom. The summed E-state index contributed by atoms with van der Waals surface area (Å²) < 4.78 is 7.79. The number of likely N-dealkylation sites (N-methyl/N-ethyl adjacent to an activating group) is 1. The van der Waals surface area contributed by atoms with Crippen LogP contribution in [0.5, 0.6) is 5.75 Å². The van der Waals surface area contributed by atoms with Gasteiger partial charge in [-0.1, -0.05) is 11.6 Å². The molecule has 0 N–H and O–H groups in total. The van der Waals surface area contributed by atoms with Gasteiger partial charge in [-0.15, -0.1) is 0 Å². The van der Waals surface area contributed by atoms with Gasteiger partial charge in [0.2, 0.25) is 0 Å². The van der Waals surface area contributed by atoms with E-state index >= 15 is 0 Å². The molecule has 2 rings (SSSR count). The van der Waals surface area contributed by atoms with Gasteiger partial charge >= 0.3 is 0 Å². The van der Waals surface area contributed by atoms with Gasteiger partial charge in [0.1, 0.15) is 11.6 Å². The molecule has 0 aliphatic carbocycles. The zero-order valence-corrected chi connectivity index (χ0v) is 14.7. The highest BCUT2D eigenvalue weighted by atomic mass is 35.5. The van der Waals surface area contributed by atoms with E-state index in [0.29, 0.717) is 17.3 Å². The van der Waals surface area contributed by atoms with Crippen LogP contribution in [0, 0.1) is 6.92 Å². The van der Waals surface area contributed by atoms with Crippen molar-refractivity contribution in [3.63, 3.8) is 0 Å². The van der Waals surface area contributed by atoms with Crippen LogP contribution in [-0.2, 0) is 17.9 Å². The number of ether oxygens (including phenoxy) is 1. The number of imidazole rings is 1. The average Bonchev–Trinajstić information content (AvgIpc) is 2.96. The minimum atomic E-state index is -0.579. The van der Waals surface area contributed by atoms with Crippen LogP contribution >= 0.6 is 11.6 Å². The van der Waals surface area contributed by atoms with Crippen molar-refractivity contribution in [3.05, 3.63) is 47.0 Å². The number of aromatic nitrogens is 2. The van der Waals surface area contributed by atoms with Gasteiger partial charge in [-0.3, -0.25) is 4.79 Å². The monoisotopic (exact) mass is 335 g/mol. The van der Waals surface area contributed by atoms with Gasteiger partial charge in [0, 0.05) is 31.0 Å². The topological polar surface area (TPSA) is 47.4 Å². The minimum Gasteiger partial charge on any atom is -0.481 e. The lowest BCUT2D eigenvalue weighted by Crippen LogP contribution is -2.38. The van der Waals surface area contributed by atoms with Crippen molar-refractivity contribution in [1.82, 2.24) is 14.5 Å². The molecule has 0 radical (unpaired) electrons. The molecular formula is C17H22ClN3O2. The van der Waals surface area contributed by atoms with E-state index in [0.717, 1.165) is 17.9 Å². The standard InChI is InChI=1S/C17H22ClN3O2/c1-5-21-9-8-19-16(21)11-20(4)17(22)13(3)23-15-7-6-14(18)10-12(15)2/h6-10,13H,5,11H2,1-4H3/t13-/m0/s1. The zero-order chi connectivity index (χ0) is 17.0. The van der Waals surface area contributed by atoms with Crippen LogP contribution in [0.3, 0.4) is 0 Å². The number of carbonyl (C=O) groups is 1. The Morgan fingerprint density at radius 3 is 2.87 bits per heavy atom. The zero-order valence-electron chi connectivity index (χ0n) is 13.9. The molecule has 0 fully saturated rings. The van der Waals surface area contributed by atoms with Crippen molar-refractivity contribution in [2.75, 3.05) is 7.05 Å². The summed E-state index contributed by atoms with van der Waals surface area (Å²) >= 11 is 5.93. The Kier molecular flexibility index (Phi) is 5.66. The molecule has 0 aliphatic heterocycles. The smallest absolute Gasteiger partial charge is 0.263 e. The van der Waals surface area contributed by atoms with Crippen molar-refractivity contribution in [2.45, 2.75) is 40.0 Å². The van der Waals surface area contributed by atoms with Crippen LogP contribution in [0.4, 0.5) is 0 Å². The number of hydrogen-bond donors (Lipinski definition) is 0. The Bertz CT molecular complexity index is 684. The summed E-state index contributed by atoms with van der Waals surface area (Å²) in [6.07, 6.45) is 3.07. The molecule has 0 unspecified atom stereocenters. The van der Waals surface area contributed by atoms with E-state index < -0.39 is 6.10 Å². The summed E-state index contributed by atoms with van der Waals surface area (Å²) in [6, 6.07) is 5.35. The molecule has 23 heavy (non-hydrogen) atoms. The largest absolute Gasteiger partial charge is 0.481 e. The van der Waals surface area contributed by atoms with Crippen LogP contribution < -0.4 is 4.74 Å². The van der Waals surface area contributed by atoms with E-state index in [-0.39, 0.29) is 5.91 Å². The summed E-state index contributed by atoms with van der Waals surface area (Å²) in [7, 11) is 1.76. The first-order valence-electron chi connectivity index (χ1n) is 7.60. The maximum absolute atomic E-state index is 12.5. The first-order valence-corrected chi connectivity index (χ1v) is 7.98. The third-order valence-electron chi connectivity index (χ3n) is 3.69. The van der Waals surface area contributed by atoms with E-state index in [9.17, 15) is 4.79 Å². The van der Waals surface area contributed by atoms with Gasteiger partial charge < -0.3 is 14.2 Å². The Morgan fingerprint density at radius 1 is 1.48 bits per heavy atom. The van der Waals surface area contributed by atoms with E-state index in [2.05, 4.69) is 4.98 Å². The number of carbonyl (C=O) groups excluding carboxylic acids is 1. The molecule has 1 atom stereocenters. The van der Waals surface area contributed by atoms with Gasteiger partial charge in [0.25, 0.3) is 5.91 Å². The van der Waals surface area contributed by atoms with Crippen LogP contribution in [0.1, 0.15) is 25.2 Å². The number of rotatable bonds is 6. The van der Waals surface area contributed by atoms with E-state index in [1.165, 1.54) is 0 Å². The van der Waals surface area contributed by atoms with Gasteiger partial charge in [-0.05, 0) is 44.5 Å². The molecule has 1 amide bonds. The van der Waals surface area contributed by atoms with E-state index in [1.54, 1.807) is 37.2 Å². The Hall–Kier alpha value is -2.01. The molecule has 1 aromatic heterocycles. The third kappa shape index (κ3) is 4.26. The second-order valence-corrected chi connectivity index (χ2v) is 5.93. The second-order valence-electron chi connectivity index (χ2n) is 5.49. The molecule has 1 heterocycles. The van der Waals surface area contributed by atoms with Gasteiger partial charge in [0.15, 0.2) is 6.10 Å². The number of halogens is 1. The van der Waals surface area contributed by atoms with Crippen LogP contribution in [0.15, 0.2) is 30.6 Å². The fraction of sp³-hybridized carbons (Fsp3) is 0.412. The first-order chi connectivity index (χ1) is 10.9. The fourth-order valence-corrected chi connectivity index (χ4v) is 2.59. The third-order valence-corrected chi connectivity index (χ3v) is 3.92. The summed E-state index contributed by atoms with van der Waals surface area (Å²) in [4.78, 5) is 18.4. The lowest BCUT2D eigenvalue weighted by atomic mass is 10.2. The van der Waals surface area contributed by atoms with Crippen molar-refractivity contribution < 1.29 is 9.53 Å². The van der Waals surface area contributed by atoms with Crippen molar-refractivity contribution in [3.8, 4) is 5.75 Å². The molecule has 0 aliphatic rings. The molecule has 6 heteroatoms.